The van der Waals surface area contributed by atoms with E-state index in [9.17, 15) is 14.7 Å². The van der Waals surface area contributed by atoms with E-state index in [1.807, 2.05) is 32.0 Å². The maximum absolute atomic E-state index is 11.9. The van der Waals surface area contributed by atoms with E-state index >= 15 is 0 Å². The van der Waals surface area contributed by atoms with Crippen molar-refractivity contribution >= 4 is 38.7 Å². The molecule has 2 rings (SSSR count). The number of fused-ring (bicyclic) bond motifs is 1. The monoisotopic (exact) mass is 396 g/mol. The Morgan fingerprint density at radius 2 is 2.17 bits per heavy atom. The van der Waals surface area contributed by atoms with Crippen LogP contribution >= 0.6 is 15.9 Å². The number of aromatic nitrogens is 1. The van der Waals surface area contributed by atoms with Crippen LogP contribution in [0.25, 0.3) is 10.9 Å². The molecule has 6 nitrogen and oxygen atoms in total. The first-order chi connectivity index (χ1) is 11.4. The van der Waals surface area contributed by atoms with Gasteiger partial charge in [0.2, 0.25) is 5.91 Å². The van der Waals surface area contributed by atoms with Gasteiger partial charge in [-0.05, 0) is 31.0 Å². The molecule has 130 valence electrons. The maximum Gasteiger partial charge on any atom is 0.326 e. The number of ether oxygens (including phenoxy) is 1. The third-order valence-electron chi connectivity index (χ3n) is 3.87. The predicted molar refractivity (Wildman–Crippen MR) is 95.0 cm³/mol. The van der Waals surface area contributed by atoms with Crippen LogP contribution in [0.2, 0.25) is 0 Å². The standard InChI is InChI=1S/C17H21BrN2O4/c1-3-10(2)24-9-15(21)20-14(17(22)23)7-11-8-19-13-6-4-5-12(18)16(11)13/h4-6,8,10,14,19H,3,7,9H2,1-2H3,(H,20,21)(H,22,23). The number of carboxylic acid groups (broad SMARTS) is 1. The SMILES string of the molecule is CCC(C)OCC(=O)NC(Cc1c[nH]c2cccc(Br)c12)C(=O)O. The Balaban J connectivity index is 2.08. The van der Waals surface area contributed by atoms with Crippen LogP contribution in [0.4, 0.5) is 0 Å². The first kappa shape index (κ1) is 18.5. The van der Waals surface area contributed by atoms with Gasteiger partial charge in [-0.15, -0.1) is 0 Å². The summed E-state index contributed by atoms with van der Waals surface area (Å²) in [4.78, 5) is 26.5. The van der Waals surface area contributed by atoms with Crippen molar-refractivity contribution in [3.63, 3.8) is 0 Å². The van der Waals surface area contributed by atoms with Crippen molar-refractivity contribution in [1.29, 1.82) is 0 Å². The van der Waals surface area contributed by atoms with Crippen molar-refractivity contribution in [1.82, 2.24) is 10.3 Å². The van der Waals surface area contributed by atoms with E-state index in [1.54, 1.807) is 6.20 Å². The molecule has 24 heavy (non-hydrogen) atoms. The summed E-state index contributed by atoms with van der Waals surface area (Å²) in [6, 6.07) is 4.70. The van der Waals surface area contributed by atoms with Crippen LogP contribution in [0.15, 0.2) is 28.9 Å². The van der Waals surface area contributed by atoms with Crippen LogP contribution in [0.1, 0.15) is 25.8 Å². The molecule has 0 saturated carbocycles. The number of carbonyl (C=O) groups excluding carboxylic acids is 1. The number of nitrogens with one attached hydrogen (secondary N) is 2. The van der Waals surface area contributed by atoms with Crippen molar-refractivity contribution in [3.05, 3.63) is 34.4 Å². The lowest BCUT2D eigenvalue weighted by atomic mass is 10.0. The molecule has 0 aliphatic rings. The molecular formula is C17H21BrN2O4. The van der Waals surface area contributed by atoms with Gasteiger partial charge in [-0.25, -0.2) is 4.79 Å². The smallest absolute Gasteiger partial charge is 0.326 e. The molecule has 0 aliphatic heterocycles. The molecule has 1 aromatic carbocycles. The number of hydrogen-bond acceptors (Lipinski definition) is 3. The minimum atomic E-state index is -1.08. The fraction of sp³-hybridized carbons (Fsp3) is 0.412. The van der Waals surface area contributed by atoms with Crippen LogP contribution in [-0.4, -0.2) is 40.7 Å². The van der Waals surface area contributed by atoms with Gasteiger partial charge in [0.15, 0.2) is 0 Å². The van der Waals surface area contributed by atoms with Gasteiger partial charge in [-0.1, -0.05) is 28.9 Å². The van der Waals surface area contributed by atoms with Crippen LogP contribution in [0, 0.1) is 0 Å². The van der Waals surface area contributed by atoms with Gasteiger partial charge in [0.1, 0.15) is 12.6 Å². The van der Waals surface area contributed by atoms with Crippen LogP contribution in [0.3, 0.4) is 0 Å². The van der Waals surface area contributed by atoms with Gasteiger partial charge in [0, 0.05) is 28.0 Å². The zero-order valence-corrected chi connectivity index (χ0v) is 15.2. The van der Waals surface area contributed by atoms with Gasteiger partial charge in [-0.3, -0.25) is 4.79 Å². The van der Waals surface area contributed by atoms with Crippen molar-refractivity contribution in [2.24, 2.45) is 0 Å². The average molecular weight is 397 g/mol. The van der Waals surface area contributed by atoms with E-state index < -0.39 is 17.9 Å². The first-order valence-electron chi connectivity index (χ1n) is 7.80. The Morgan fingerprint density at radius 1 is 1.42 bits per heavy atom. The predicted octanol–water partition coefficient (Wildman–Crippen LogP) is 2.86. The lowest BCUT2D eigenvalue weighted by Crippen LogP contribution is -2.44. The highest BCUT2D eigenvalue weighted by molar-refractivity contribution is 9.10. The normalized spacial score (nSPS) is 13.6. The summed E-state index contributed by atoms with van der Waals surface area (Å²) in [6.07, 6.45) is 2.71. The Bertz CT molecular complexity index is 728. The molecule has 0 fully saturated rings. The minimum absolute atomic E-state index is 0.0383. The van der Waals surface area contributed by atoms with Crippen molar-refractivity contribution in [2.75, 3.05) is 6.61 Å². The molecule has 0 bridgehead atoms. The third kappa shape index (κ3) is 4.58. The van der Waals surface area contributed by atoms with E-state index in [0.717, 1.165) is 27.4 Å². The first-order valence-corrected chi connectivity index (χ1v) is 8.59. The number of carbonyl (C=O) groups is 2. The Hall–Kier alpha value is -1.86. The largest absolute Gasteiger partial charge is 0.480 e. The lowest BCUT2D eigenvalue weighted by Gasteiger charge is -2.16. The van der Waals surface area contributed by atoms with E-state index in [2.05, 4.69) is 26.2 Å². The highest BCUT2D eigenvalue weighted by Gasteiger charge is 2.22. The zero-order valence-electron chi connectivity index (χ0n) is 13.6. The molecular weight excluding hydrogens is 376 g/mol. The van der Waals surface area contributed by atoms with Crippen molar-refractivity contribution in [2.45, 2.75) is 38.8 Å². The van der Waals surface area contributed by atoms with Crippen LogP contribution < -0.4 is 5.32 Å². The number of carboxylic acids is 1. The van der Waals surface area contributed by atoms with Crippen molar-refractivity contribution in [3.8, 4) is 0 Å². The maximum atomic E-state index is 11.9. The Kier molecular flexibility index (Phi) is 6.39. The molecule has 0 radical (unpaired) electrons. The molecule has 1 amide bonds. The molecule has 0 aliphatic carbocycles. The Morgan fingerprint density at radius 3 is 2.83 bits per heavy atom. The van der Waals surface area contributed by atoms with E-state index in [-0.39, 0.29) is 19.1 Å². The number of hydrogen-bond donors (Lipinski definition) is 3. The Labute approximate surface area is 148 Å². The highest BCUT2D eigenvalue weighted by atomic mass is 79.9. The molecule has 2 aromatic rings. The molecule has 3 N–H and O–H groups in total. The summed E-state index contributed by atoms with van der Waals surface area (Å²) >= 11 is 3.48. The van der Waals surface area contributed by atoms with Gasteiger partial charge in [-0.2, -0.15) is 0 Å². The van der Waals surface area contributed by atoms with Crippen LogP contribution in [0.5, 0.6) is 0 Å². The molecule has 0 saturated heterocycles. The quantitative estimate of drug-likeness (QED) is 0.639. The number of aliphatic carboxylic acids is 1. The van der Waals surface area contributed by atoms with E-state index in [4.69, 9.17) is 4.74 Å². The van der Waals surface area contributed by atoms with E-state index in [0.29, 0.717) is 0 Å². The fourth-order valence-corrected chi connectivity index (χ4v) is 2.98. The van der Waals surface area contributed by atoms with Crippen LogP contribution in [-0.2, 0) is 20.7 Å². The molecule has 7 heteroatoms. The summed E-state index contributed by atoms with van der Waals surface area (Å²) in [7, 11) is 0. The third-order valence-corrected chi connectivity index (χ3v) is 4.53. The van der Waals surface area contributed by atoms with Gasteiger partial charge in [0.25, 0.3) is 0 Å². The number of aromatic amines is 1. The van der Waals surface area contributed by atoms with Gasteiger partial charge < -0.3 is 20.1 Å². The number of amides is 1. The lowest BCUT2D eigenvalue weighted by molar-refractivity contribution is -0.142. The second-order valence-electron chi connectivity index (χ2n) is 5.67. The zero-order chi connectivity index (χ0) is 17.7. The summed E-state index contributed by atoms with van der Waals surface area (Å²) in [6.45, 7) is 3.68. The fourth-order valence-electron chi connectivity index (χ4n) is 2.36. The summed E-state index contributed by atoms with van der Waals surface area (Å²) in [5.41, 5.74) is 1.74. The number of benzene rings is 1. The van der Waals surface area contributed by atoms with Crippen molar-refractivity contribution < 1.29 is 19.4 Å². The summed E-state index contributed by atoms with van der Waals surface area (Å²) in [5, 5.41) is 12.9. The minimum Gasteiger partial charge on any atom is -0.480 e. The molecule has 0 spiro atoms. The molecule has 2 unspecified atom stereocenters. The summed E-state index contributed by atoms with van der Waals surface area (Å²) in [5.74, 6) is -1.50. The molecule has 1 heterocycles. The van der Waals surface area contributed by atoms with Gasteiger partial charge in [0.05, 0.1) is 6.10 Å². The molecule has 1 aromatic heterocycles. The number of rotatable bonds is 8. The highest BCUT2D eigenvalue weighted by Crippen LogP contribution is 2.27. The second-order valence-corrected chi connectivity index (χ2v) is 6.52. The average Bonchev–Trinajstić information content (AvgIpc) is 2.96. The molecule has 2 atom stereocenters. The van der Waals surface area contributed by atoms with Gasteiger partial charge >= 0.3 is 5.97 Å². The number of H-pyrrole nitrogens is 1. The second kappa shape index (κ2) is 8.30. The van der Waals surface area contributed by atoms with E-state index in [1.165, 1.54) is 0 Å². The topological polar surface area (TPSA) is 91.4 Å². The summed E-state index contributed by atoms with van der Waals surface area (Å²) < 4.78 is 6.22. The number of halogens is 1.